The first kappa shape index (κ1) is 16.2. The van der Waals surface area contributed by atoms with Crippen molar-refractivity contribution < 1.29 is 14.3 Å². The molecular weight excluding hydrogens is 320 g/mol. The fourth-order valence-corrected chi connectivity index (χ4v) is 3.45. The van der Waals surface area contributed by atoms with Crippen LogP contribution in [0.3, 0.4) is 0 Å². The molecule has 0 N–H and O–H groups in total. The third-order valence-electron chi connectivity index (χ3n) is 4.81. The van der Waals surface area contributed by atoms with E-state index in [9.17, 15) is 4.79 Å². The minimum Gasteiger partial charge on any atom is -0.381 e. The number of nitrogens with zero attached hydrogens (tertiary/aromatic N) is 4. The number of benzene rings is 1. The summed E-state index contributed by atoms with van der Waals surface area (Å²) in [5.41, 5.74) is 1.15. The largest absolute Gasteiger partial charge is 0.381 e. The molecular formula is C18H22N4O3. The van der Waals surface area contributed by atoms with Gasteiger partial charge in [-0.25, -0.2) is 9.67 Å². The van der Waals surface area contributed by atoms with Crippen LogP contribution >= 0.6 is 0 Å². The van der Waals surface area contributed by atoms with E-state index in [1.54, 1.807) is 6.33 Å². The highest BCUT2D eigenvalue weighted by molar-refractivity contribution is 5.79. The Morgan fingerprint density at radius 1 is 1.16 bits per heavy atom. The van der Waals surface area contributed by atoms with Crippen molar-refractivity contribution in [3.05, 3.63) is 48.0 Å². The molecule has 7 heteroatoms. The highest BCUT2D eigenvalue weighted by atomic mass is 16.5. The average Bonchev–Trinajstić information content (AvgIpc) is 3.34. The summed E-state index contributed by atoms with van der Waals surface area (Å²) >= 11 is 0. The first-order valence-electron chi connectivity index (χ1n) is 8.70. The molecule has 2 aliphatic rings. The Morgan fingerprint density at radius 3 is 2.80 bits per heavy atom. The summed E-state index contributed by atoms with van der Waals surface area (Å²) in [5.74, 6) is 0.863. The molecule has 1 amide bonds. The van der Waals surface area contributed by atoms with Crippen molar-refractivity contribution in [2.45, 2.75) is 19.0 Å². The van der Waals surface area contributed by atoms with Gasteiger partial charge in [0.25, 0.3) is 0 Å². The predicted octanol–water partition coefficient (Wildman–Crippen LogP) is 1.26. The number of carbonyl (C=O) groups excluding carboxylic acids is 1. The van der Waals surface area contributed by atoms with Gasteiger partial charge in [-0.2, -0.15) is 5.10 Å². The number of ether oxygens (including phenoxy) is 2. The molecule has 25 heavy (non-hydrogen) atoms. The maximum Gasteiger partial charge on any atom is 0.228 e. The van der Waals surface area contributed by atoms with Crippen LogP contribution in [0, 0.1) is 5.92 Å². The molecule has 7 nitrogen and oxygen atoms in total. The van der Waals surface area contributed by atoms with E-state index in [0.29, 0.717) is 39.5 Å². The van der Waals surface area contributed by atoms with Crippen LogP contribution in [0.1, 0.15) is 23.9 Å². The zero-order valence-corrected chi connectivity index (χ0v) is 14.1. The van der Waals surface area contributed by atoms with E-state index in [0.717, 1.165) is 17.8 Å². The number of amides is 1. The maximum absolute atomic E-state index is 12.9. The van der Waals surface area contributed by atoms with E-state index in [2.05, 4.69) is 22.2 Å². The van der Waals surface area contributed by atoms with Crippen molar-refractivity contribution in [1.82, 2.24) is 19.7 Å². The van der Waals surface area contributed by atoms with Crippen molar-refractivity contribution in [1.29, 1.82) is 0 Å². The van der Waals surface area contributed by atoms with E-state index in [-0.39, 0.29) is 17.9 Å². The van der Waals surface area contributed by atoms with Crippen LogP contribution in [0.25, 0.3) is 0 Å². The van der Waals surface area contributed by atoms with Crippen molar-refractivity contribution >= 4 is 5.91 Å². The first-order chi connectivity index (χ1) is 12.3. The Hall–Kier alpha value is -2.25. The molecule has 2 fully saturated rings. The van der Waals surface area contributed by atoms with Gasteiger partial charge in [-0.15, -0.1) is 0 Å². The minimum atomic E-state index is -0.201. The normalized spacial score (nSPS) is 23.8. The molecule has 0 saturated carbocycles. The van der Waals surface area contributed by atoms with Gasteiger partial charge in [0.15, 0.2) is 5.82 Å². The second-order valence-corrected chi connectivity index (χ2v) is 6.44. The lowest BCUT2D eigenvalue weighted by Gasteiger charge is -2.36. The third-order valence-corrected chi connectivity index (χ3v) is 4.81. The molecule has 4 rings (SSSR count). The fourth-order valence-electron chi connectivity index (χ4n) is 3.45. The smallest absolute Gasteiger partial charge is 0.228 e. The van der Waals surface area contributed by atoms with Crippen LogP contribution < -0.4 is 0 Å². The average molecular weight is 342 g/mol. The van der Waals surface area contributed by atoms with Crippen molar-refractivity contribution in [3.8, 4) is 0 Å². The Balaban J connectivity index is 1.56. The van der Waals surface area contributed by atoms with Crippen LogP contribution in [0.5, 0.6) is 0 Å². The summed E-state index contributed by atoms with van der Waals surface area (Å²) in [6, 6.07) is 9.92. The van der Waals surface area contributed by atoms with Crippen molar-refractivity contribution in [3.63, 3.8) is 0 Å². The second-order valence-electron chi connectivity index (χ2n) is 6.44. The van der Waals surface area contributed by atoms with Gasteiger partial charge in [0.2, 0.25) is 5.91 Å². The molecule has 0 aliphatic carbocycles. The lowest BCUT2D eigenvalue weighted by atomic mass is 10.1. The van der Waals surface area contributed by atoms with E-state index in [1.807, 2.05) is 27.8 Å². The molecule has 1 aromatic heterocycles. The summed E-state index contributed by atoms with van der Waals surface area (Å²) in [7, 11) is 0. The van der Waals surface area contributed by atoms with Crippen LogP contribution in [-0.2, 0) is 20.8 Å². The topological polar surface area (TPSA) is 69.5 Å². The number of morpholine rings is 1. The second kappa shape index (κ2) is 7.33. The molecule has 2 aromatic rings. The van der Waals surface area contributed by atoms with Gasteiger partial charge in [-0.1, -0.05) is 30.3 Å². The van der Waals surface area contributed by atoms with Gasteiger partial charge >= 0.3 is 0 Å². The Morgan fingerprint density at radius 2 is 2.00 bits per heavy atom. The highest BCUT2D eigenvalue weighted by Gasteiger charge is 2.36. The van der Waals surface area contributed by atoms with E-state index in [4.69, 9.17) is 9.47 Å². The fraction of sp³-hybridized carbons (Fsp3) is 0.500. The van der Waals surface area contributed by atoms with Gasteiger partial charge in [-0.3, -0.25) is 4.79 Å². The van der Waals surface area contributed by atoms with Crippen LogP contribution in [0.4, 0.5) is 0 Å². The quantitative estimate of drug-likeness (QED) is 0.837. The van der Waals surface area contributed by atoms with Gasteiger partial charge < -0.3 is 14.4 Å². The lowest BCUT2D eigenvalue weighted by Crippen LogP contribution is -2.47. The number of hydrogen-bond donors (Lipinski definition) is 0. The number of aromatic nitrogens is 3. The zero-order chi connectivity index (χ0) is 17.1. The minimum absolute atomic E-state index is 0.0499. The molecule has 2 saturated heterocycles. The van der Waals surface area contributed by atoms with Crippen molar-refractivity contribution in [2.75, 3.05) is 33.0 Å². The molecule has 3 heterocycles. The summed E-state index contributed by atoms with van der Waals surface area (Å²) in [5, 5.41) is 4.37. The third kappa shape index (κ3) is 3.43. The molecule has 2 atom stereocenters. The molecule has 1 aromatic carbocycles. The molecule has 0 radical (unpaired) electrons. The molecule has 0 bridgehead atoms. The van der Waals surface area contributed by atoms with Crippen molar-refractivity contribution in [2.24, 2.45) is 5.92 Å². The summed E-state index contributed by atoms with van der Waals surface area (Å²) in [6.07, 6.45) is 2.34. The Labute approximate surface area is 146 Å². The summed E-state index contributed by atoms with van der Waals surface area (Å²) < 4.78 is 12.9. The molecule has 2 aliphatic heterocycles. The first-order valence-corrected chi connectivity index (χ1v) is 8.70. The molecule has 132 valence electrons. The maximum atomic E-state index is 12.9. The molecule has 0 spiro atoms. The highest BCUT2D eigenvalue weighted by Crippen LogP contribution is 2.27. The predicted molar refractivity (Wildman–Crippen MR) is 89.8 cm³/mol. The lowest BCUT2D eigenvalue weighted by molar-refractivity contribution is -0.145. The Bertz CT molecular complexity index is 712. The monoisotopic (exact) mass is 342 g/mol. The van der Waals surface area contributed by atoms with E-state index in [1.165, 1.54) is 0 Å². The van der Waals surface area contributed by atoms with Gasteiger partial charge in [0.1, 0.15) is 12.4 Å². The SMILES string of the molecule is O=C([C@@H]1CCOC1)N1CCOC[C@@H]1c1ncnn1Cc1ccccc1. The standard InChI is InChI=1S/C18H22N4O3/c23-18(15-6-8-24-11-15)21-7-9-25-12-16(21)17-19-13-20-22(17)10-14-4-2-1-3-5-14/h1-5,13,15-16H,6-12H2/t15-,16-/m1/s1. The van der Waals surface area contributed by atoms with Crippen LogP contribution in [0.15, 0.2) is 36.7 Å². The van der Waals surface area contributed by atoms with Gasteiger partial charge in [-0.05, 0) is 12.0 Å². The van der Waals surface area contributed by atoms with Gasteiger partial charge in [0, 0.05) is 13.2 Å². The van der Waals surface area contributed by atoms with E-state index >= 15 is 0 Å². The van der Waals surface area contributed by atoms with Gasteiger partial charge in [0.05, 0.1) is 32.3 Å². The van der Waals surface area contributed by atoms with E-state index < -0.39 is 0 Å². The molecule has 0 unspecified atom stereocenters. The summed E-state index contributed by atoms with van der Waals surface area (Å²) in [6.45, 7) is 3.39. The Kier molecular flexibility index (Phi) is 4.76. The summed E-state index contributed by atoms with van der Waals surface area (Å²) in [4.78, 5) is 19.2. The van der Waals surface area contributed by atoms with Crippen LogP contribution in [-0.4, -0.2) is 58.5 Å². The number of hydrogen-bond acceptors (Lipinski definition) is 5. The number of carbonyl (C=O) groups is 1. The number of rotatable bonds is 4. The van der Waals surface area contributed by atoms with Crippen LogP contribution in [0.2, 0.25) is 0 Å². The zero-order valence-electron chi connectivity index (χ0n) is 14.1.